The highest BCUT2D eigenvalue weighted by Gasteiger charge is 2.22. The van der Waals surface area contributed by atoms with Crippen LogP contribution >= 0.6 is 0 Å². The van der Waals surface area contributed by atoms with Crippen LogP contribution < -0.4 is 5.32 Å². The van der Waals surface area contributed by atoms with Crippen LogP contribution in [0.2, 0.25) is 0 Å². The van der Waals surface area contributed by atoms with Crippen LogP contribution in [0.4, 0.5) is 0 Å². The zero-order chi connectivity index (χ0) is 14.1. The smallest absolute Gasteiger partial charge is 0.354 e. The Bertz CT molecular complexity index is 683. The summed E-state index contributed by atoms with van der Waals surface area (Å²) >= 11 is 0. The van der Waals surface area contributed by atoms with Gasteiger partial charge in [0.1, 0.15) is 0 Å². The number of aryl methyl sites for hydroxylation is 1. The molecular formula is C15H15N3O2. The van der Waals surface area contributed by atoms with Crippen molar-refractivity contribution in [3.63, 3.8) is 0 Å². The van der Waals surface area contributed by atoms with Gasteiger partial charge in [-0.3, -0.25) is 0 Å². The van der Waals surface area contributed by atoms with Gasteiger partial charge in [0, 0.05) is 17.7 Å². The maximum absolute atomic E-state index is 11.4. The van der Waals surface area contributed by atoms with Gasteiger partial charge in [0.05, 0.1) is 5.69 Å². The molecule has 0 saturated heterocycles. The molecule has 1 aliphatic rings. The summed E-state index contributed by atoms with van der Waals surface area (Å²) in [5, 5.41) is 12.6. The number of hydrogen-bond acceptors (Lipinski definition) is 4. The molecule has 0 spiro atoms. The van der Waals surface area contributed by atoms with E-state index in [1.54, 1.807) is 0 Å². The minimum absolute atomic E-state index is 0.134. The first kappa shape index (κ1) is 12.7. The Labute approximate surface area is 116 Å². The van der Waals surface area contributed by atoms with Crippen LogP contribution in [0, 0.1) is 6.92 Å². The molecule has 5 heteroatoms. The number of hydrogen-bond donors (Lipinski definition) is 2. The Morgan fingerprint density at radius 2 is 2.10 bits per heavy atom. The number of carboxylic acids is 1. The first-order chi connectivity index (χ1) is 9.66. The molecule has 0 aliphatic carbocycles. The number of nitrogens with one attached hydrogen (secondary N) is 1. The number of nitrogens with zero attached hydrogens (tertiary/aromatic N) is 2. The second-order valence-corrected chi connectivity index (χ2v) is 4.87. The molecule has 0 fully saturated rings. The van der Waals surface area contributed by atoms with Crippen LogP contribution in [-0.4, -0.2) is 27.6 Å². The fraction of sp³-hybridized carbons (Fsp3) is 0.267. The highest BCUT2D eigenvalue weighted by molar-refractivity contribution is 5.88. The van der Waals surface area contributed by atoms with E-state index in [2.05, 4.69) is 15.3 Å². The third-order valence-electron chi connectivity index (χ3n) is 3.53. The lowest BCUT2D eigenvalue weighted by atomic mass is 10.0. The van der Waals surface area contributed by atoms with Crippen molar-refractivity contribution in [3.8, 4) is 11.4 Å². The van der Waals surface area contributed by atoms with Crippen LogP contribution in [-0.2, 0) is 13.0 Å². The molecule has 1 aromatic heterocycles. The number of benzene rings is 1. The maximum atomic E-state index is 11.4. The Kier molecular flexibility index (Phi) is 3.20. The van der Waals surface area contributed by atoms with E-state index >= 15 is 0 Å². The fourth-order valence-electron chi connectivity index (χ4n) is 2.48. The predicted molar refractivity (Wildman–Crippen MR) is 74.6 cm³/mol. The molecule has 2 N–H and O–H groups in total. The average molecular weight is 269 g/mol. The molecule has 0 unspecified atom stereocenters. The van der Waals surface area contributed by atoms with Crippen LogP contribution in [0.1, 0.15) is 27.3 Å². The number of carboxylic acid groups (broad SMARTS) is 1. The first-order valence-corrected chi connectivity index (χ1v) is 6.56. The van der Waals surface area contributed by atoms with E-state index in [-0.39, 0.29) is 5.69 Å². The van der Waals surface area contributed by atoms with Crippen molar-refractivity contribution in [2.24, 2.45) is 0 Å². The molecule has 0 atom stereocenters. The number of aromatic carboxylic acids is 1. The van der Waals surface area contributed by atoms with Crippen molar-refractivity contribution in [2.75, 3.05) is 6.54 Å². The molecule has 20 heavy (non-hydrogen) atoms. The van der Waals surface area contributed by atoms with Gasteiger partial charge in [-0.05, 0) is 25.5 Å². The fourth-order valence-corrected chi connectivity index (χ4v) is 2.48. The molecular weight excluding hydrogens is 254 g/mol. The number of aromatic nitrogens is 2. The summed E-state index contributed by atoms with van der Waals surface area (Å²) in [5.74, 6) is -0.497. The Balaban J connectivity index is 2.20. The number of fused-ring (bicyclic) bond motifs is 1. The number of carbonyl (C=O) groups is 1. The summed E-state index contributed by atoms with van der Waals surface area (Å²) in [7, 11) is 0. The lowest BCUT2D eigenvalue weighted by Crippen LogP contribution is -2.27. The third kappa shape index (κ3) is 2.16. The summed E-state index contributed by atoms with van der Waals surface area (Å²) < 4.78 is 0. The predicted octanol–water partition coefficient (Wildman–Crippen LogP) is 1.80. The van der Waals surface area contributed by atoms with Gasteiger partial charge in [-0.25, -0.2) is 14.8 Å². The minimum Gasteiger partial charge on any atom is -0.476 e. The van der Waals surface area contributed by atoms with Gasteiger partial charge in [-0.15, -0.1) is 0 Å². The lowest BCUT2D eigenvalue weighted by Gasteiger charge is -2.18. The summed E-state index contributed by atoms with van der Waals surface area (Å²) in [6.45, 7) is 3.33. The molecule has 2 aromatic rings. The standard InChI is InChI=1S/C15H15N3O2/c1-9-4-2-3-5-10(9)14-17-12-8-16-7-6-11(12)13(18-14)15(19)20/h2-5,16H,6-8H2,1H3,(H,19,20). The number of rotatable bonds is 2. The summed E-state index contributed by atoms with van der Waals surface area (Å²) in [6, 6.07) is 7.73. The second-order valence-electron chi connectivity index (χ2n) is 4.87. The molecule has 3 rings (SSSR count). The van der Waals surface area contributed by atoms with Crippen molar-refractivity contribution < 1.29 is 9.90 Å². The molecule has 102 valence electrons. The van der Waals surface area contributed by atoms with E-state index in [0.29, 0.717) is 18.8 Å². The van der Waals surface area contributed by atoms with Gasteiger partial charge < -0.3 is 10.4 Å². The van der Waals surface area contributed by atoms with Gasteiger partial charge in [0.25, 0.3) is 0 Å². The van der Waals surface area contributed by atoms with E-state index < -0.39 is 5.97 Å². The van der Waals surface area contributed by atoms with Crippen molar-refractivity contribution in [1.29, 1.82) is 0 Å². The van der Waals surface area contributed by atoms with Crippen molar-refractivity contribution in [2.45, 2.75) is 19.9 Å². The SMILES string of the molecule is Cc1ccccc1-c1nc2c(c(C(=O)O)n1)CCNC2. The molecule has 5 nitrogen and oxygen atoms in total. The molecule has 2 heterocycles. The summed E-state index contributed by atoms with van der Waals surface area (Å²) in [5.41, 5.74) is 3.60. The lowest BCUT2D eigenvalue weighted by molar-refractivity contribution is 0.0688. The maximum Gasteiger partial charge on any atom is 0.354 e. The zero-order valence-electron chi connectivity index (χ0n) is 11.2. The Morgan fingerprint density at radius 1 is 1.30 bits per heavy atom. The van der Waals surface area contributed by atoms with E-state index in [0.717, 1.165) is 28.9 Å². The zero-order valence-corrected chi connectivity index (χ0v) is 11.2. The van der Waals surface area contributed by atoms with E-state index in [4.69, 9.17) is 0 Å². The minimum atomic E-state index is -0.986. The summed E-state index contributed by atoms with van der Waals surface area (Å²) in [6.07, 6.45) is 0.658. The van der Waals surface area contributed by atoms with E-state index in [1.807, 2.05) is 31.2 Å². The van der Waals surface area contributed by atoms with Gasteiger partial charge in [-0.1, -0.05) is 24.3 Å². The molecule has 1 aromatic carbocycles. The molecule has 0 radical (unpaired) electrons. The van der Waals surface area contributed by atoms with Crippen LogP contribution in [0.25, 0.3) is 11.4 Å². The molecule has 0 bridgehead atoms. The quantitative estimate of drug-likeness (QED) is 0.869. The highest BCUT2D eigenvalue weighted by atomic mass is 16.4. The summed E-state index contributed by atoms with van der Waals surface area (Å²) in [4.78, 5) is 20.3. The normalized spacial score (nSPS) is 13.8. The molecule has 0 amide bonds. The van der Waals surface area contributed by atoms with Crippen molar-refractivity contribution >= 4 is 5.97 Å². The van der Waals surface area contributed by atoms with Crippen molar-refractivity contribution in [1.82, 2.24) is 15.3 Å². The highest BCUT2D eigenvalue weighted by Crippen LogP contribution is 2.24. The monoisotopic (exact) mass is 269 g/mol. The second kappa shape index (κ2) is 5.02. The third-order valence-corrected chi connectivity index (χ3v) is 3.53. The topological polar surface area (TPSA) is 75.1 Å². The average Bonchev–Trinajstić information content (AvgIpc) is 2.46. The molecule has 0 saturated carbocycles. The first-order valence-electron chi connectivity index (χ1n) is 6.56. The Morgan fingerprint density at radius 3 is 2.85 bits per heavy atom. The van der Waals surface area contributed by atoms with Gasteiger partial charge in [-0.2, -0.15) is 0 Å². The van der Waals surface area contributed by atoms with Crippen molar-refractivity contribution in [3.05, 3.63) is 46.8 Å². The Hall–Kier alpha value is -2.27. The largest absolute Gasteiger partial charge is 0.476 e. The van der Waals surface area contributed by atoms with Crippen LogP contribution in [0.5, 0.6) is 0 Å². The van der Waals surface area contributed by atoms with Crippen LogP contribution in [0.3, 0.4) is 0 Å². The van der Waals surface area contributed by atoms with Gasteiger partial charge >= 0.3 is 5.97 Å². The van der Waals surface area contributed by atoms with Crippen LogP contribution in [0.15, 0.2) is 24.3 Å². The van der Waals surface area contributed by atoms with Gasteiger partial charge in [0.15, 0.2) is 11.5 Å². The van der Waals surface area contributed by atoms with Gasteiger partial charge in [0.2, 0.25) is 0 Å². The molecule has 1 aliphatic heterocycles. The van der Waals surface area contributed by atoms with E-state index in [1.165, 1.54) is 0 Å². The van der Waals surface area contributed by atoms with E-state index in [9.17, 15) is 9.90 Å².